The fourth-order valence-electron chi connectivity index (χ4n) is 2.64. The van der Waals surface area contributed by atoms with Gasteiger partial charge in [0.2, 0.25) is 5.76 Å². The van der Waals surface area contributed by atoms with E-state index in [4.69, 9.17) is 4.42 Å². The minimum absolute atomic E-state index is 0.0426. The number of oxazole rings is 1. The molecule has 0 spiro atoms. The molecule has 1 N–H and O–H groups in total. The van der Waals surface area contributed by atoms with Crippen molar-refractivity contribution < 1.29 is 17.6 Å². The van der Waals surface area contributed by atoms with Gasteiger partial charge in [0, 0.05) is 6.42 Å². The molecule has 1 saturated carbocycles. The van der Waals surface area contributed by atoms with Crippen LogP contribution in [-0.4, -0.2) is 19.3 Å². The lowest BCUT2D eigenvalue weighted by atomic mass is 10.2. The average Bonchev–Trinajstić information content (AvgIpc) is 3.19. The van der Waals surface area contributed by atoms with Crippen molar-refractivity contribution in [1.82, 2.24) is 9.71 Å². The first-order valence-corrected chi connectivity index (χ1v) is 9.35. The molecule has 0 aliphatic heterocycles. The predicted molar refractivity (Wildman–Crippen MR) is 88.2 cm³/mol. The van der Waals surface area contributed by atoms with E-state index in [0.29, 0.717) is 29.5 Å². The summed E-state index contributed by atoms with van der Waals surface area (Å²) in [6.45, 7) is 5.21. The van der Waals surface area contributed by atoms with E-state index in [2.05, 4.69) is 9.71 Å². The van der Waals surface area contributed by atoms with E-state index in [1.807, 2.05) is 6.92 Å². The molecule has 1 heterocycles. The molecule has 3 rings (SSSR count). The highest BCUT2D eigenvalue weighted by Crippen LogP contribution is 2.32. The van der Waals surface area contributed by atoms with Crippen molar-refractivity contribution in [3.8, 4) is 0 Å². The summed E-state index contributed by atoms with van der Waals surface area (Å²) in [6, 6.07) is 4.94. The van der Waals surface area contributed by atoms with Gasteiger partial charge in [-0.15, -0.1) is 0 Å². The van der Waals surface area contributed by atoms with Crippen LogP contribution in [0.5, 0.6) is 0 Å². The number of hydrogen-bond donors (Lipinski definition) is 1. The Labute approximate surface area is 141 Å². The SMILES string of the molecule is Cc1ccc(S(=O)(=O)NC(=O)c2oc(CC3CC3)nc2C)c(C)c1. The molecule has 1 aliphatic rings. The van der Waals surface area contributed by atoms with Gasteiger partial charge in [0.25, 0.3) is 10.0 Å². The number of rotatable bonds is 5. The van der Waals surface area contributed by atoms with Gasteiger partial charge < -0.3 is 4.42 Å². The Hall–Kier alpha value is -2.15. The Morgan fingerprint density at radius 2 is 2.00 bits per heavy atom. The number of nitrogens with zero attached hydrogens (tertiary/aromatic N) is 1. The summed E-state index contributed by atoms with van der Waals surface area (Å²) in [6.07, 6.45) is 2.98. The van der Waals surface area contributed by atoms with Gasteiger partial charge in [-0.25, -0.2) is 18.1 Å². The fraction of sp³-hybridized carbons (Fsp3) is 0.412. The number of amides is 1. The maximum Gasteiger partial charge on any atom is 0.302 e. The highest BCUT2D eigenvalue weighted by Gasteiger charge is 2.28. The summed E-state index contributed by atoms with van der Waals surface area (Å²) in [5, 5.41) is 0. The van der Waals surface area contributed by atoms with E-state index >= 15 is 0 Å². The normalized spacial score (nSPS) is 14.6. The lowest BCUT2D eigenvalue weighted by Gasteiger charge is -2.09. The fourth-order valence-corrected chi connectivity index (χ4v) is 3.82. The zero-order valence-corrected chi connectivity index (χ0v) is 14.7. The van der Waals surface area contributed by atoms with Crippen LogP contribution in [0.4, 0.5) is 0 Å². The van der Waals surface area contributed by atoms with Crippen molar-refractivity contribution in [2.24, 2.45) is 5.92 Å². The molecule has 1 amide bonds. The minimum atomic E-state index is -3.96. The molecule has 6 nitrogen and oxygen atoms in total. The van der Waals surface area contributed by atoms with Crippen molar-refractivity contribution in [3.63, 3.8) is 0 Å². The van der Waals surface area contributed by atoms with Crippen LogP contribution >= 0.6 is 0 Å². The molecule has 0 saturated heterocycles. The van der Waals surface area contributed by atoms with Gasteiger partial charge in [-0.2, -0.15) is 0 Å². The second-order valence-electron chi connectivity index (χ2n) is 6.37. The van der Waals surface area contributed by atoms with Gasteiger partial charge in [-0.1, -0.05) is 17.7 Å². The molecule has 7 heteroatoms. The van der Waals surface area contributed by atoms with Crippen LogP contribution < -0.4 is 4.72 Å². The standard InChI is InChI=1S/C17H20N2O4S/c1-10-4-7-14(11(2)8-10)24(21,22)19-17(20)16-12(3)18-15(23-16)9-13-5-6-13/h4,7-8,13H,5-6,9H2,1-3H3,(H,19,20). The third-order valence-electron chi connectivity index (χ3n) is 4.05. The van der Waals surface area contributed by atoms with E-state index in [1.54, 1.807) is 26.0 Å². The van der Waals surface area contributed by atoms with Crippen molar-refractivity contribution in [2.45, 2.75) is 44.9 Å². The Kier molecular flexibility index (Phi) is 4.21. The van der Waals surface area contributed by atoms with Crippen molar-refractivity contribution in [3.05, 3.63) is 46.7 Å². The first kappa shape index (κ1) is 16.7. The molecular formula is C17H20N2O4S. The number of carbonyl (C=O) groups is 1. The summed E-state index contributed by atoms with van der Waals surface area (Å²) in [4.78, 5) is 16.6. The molecule has 0 bridgehead atoms. The second kappa shape index (κ2) is 6.05. The highest BCUT2D eigenvalue weighted by molar-refractivity contribution is 7.90. The number of hydrogen-bond acceptors (Lipinski definition) is 5. The van der Waals surface area contributed by atoms with Crippen molar-refractivity contribution in [2.75, 3.05) is 0 Å². The van der Waals surface area contributed by atoms with Crippen LogP contribution in [-0.2, 0) is 16.4 Å². The lowest BCUT2D eigenvalue weighted by molar-refractivity contribution is 0.0951. The second-order valence-corrected chi connectivity index (χ2v) is 8.02. The van der Waals surface area contributed by atoms with Crippen LogP contribution in [0.25, 0.3) is 0 Å². The summed E-state index contributed by atoms with van der Waals surface area (Å²) in [5.41, 5.74) is 1.94. The quantitative estimate of drug-likeness (QED) is 0.897. The molecule has 2 aromatic rings. The Balaban J connectivity index is 1.81. The van der Waals surface area contributed by atoms with E-state index in [9.17, 15) is 13.2 Å². The van der Waals surface area contributed by atoms with E-state index in [0.717, 1.165) is 18.4 Å². The Morgan fingerprint density at radius 3 is 2.62 bits per heavy atom. The van der Waals surface area contributed by atoms with Gasteiger partial charge in [-0.3, -0.25) is 4.79 Å². The van der Waals surface area contributed by atoms with Crippen LogP contribution in [0, 0.1) is 26.7 Å². The van der Waals surface area contributed by atoms with E-state index < -0.39 is 15.9 Å². The van der Waals surface area contributed by atoms with Gasteiger partial charge in [0.15, 0.2) is 5.89 Å². The molecule has 0 atom stereocenters. The van der Waals surface area contributed by atoms with Gasteiger partial charge in [-0.05, 0) is 51.2 Å². The first-order chi connectivity index (χ1) is 11.3. The zero-order chi connectivity index (χ0) is 17.5. The molecule has 1 aromatic carbocycles. The molecule has 0 unspecified atom stereocenters. The number of carbonyl (C=O) groups excluding carboxylic acids is 1. The zero-order valence-electron chi connectivity index (χ0n) is 13.9. The minimum Gasteiger partial charge on any atom is -0.435 e. The maximum absolute atomic E-state index is 12.5. The van der Waals surface area contributed by atoms with Crippen LogP contribution in [0.15, 0.2) is 27.5 Å². The molecule has 1 aliphatic carbocycles. The Morgan fingerprint density at radius 1 is 1.29 bits per heavy atom. The summed E-state index contributed by atoms with van der Waals surface area (Å²) >= 11 is 0. The number of nitrogens with one attached hydrogen (secondary N) is 1. The molecule has 0 radical (unpaired) electrons. The smallest absolute Gasteiger partial charge is 0.302 e. The predicted octanol–water partition coefficient (Wildman–Crippen LogP) is 2.67. The van der Waals surface area contributed by atoms with E-state index in [-0.39, 0.29) is 10.7 Å². The summed E-state index contributed by atoms with van der Waals surface area (Å²) in [5.74, 6) is 0.225. The lowest BCUT2D eigenvalue weighted by Crippen LogP contribution is -2.31. The largest absolute Gasteiger partial charge is 0.435 e. The molecule has 1 aromatic heterocycles. The third kappa shape index (κ3) is 3.51. The van der Waals surface area contributed by atoms with Gasteiger partial charge in [0.1, 0.15) is 0 Å². The van der Waals surface area contributed by atoms with E-state index in [1.165, 1.54) is 6.07 Å². The highest BCUT2D eigenvalue weighted by atomic mass is 32.2. The first-order valence-electron chi connectivity index (χ1n) is 7.87. The van der Waals surface area contributed by atoms with Crippen LogP contribution in [0.3, 0.4) is 0 Å². The maximum atomic E-state index is 12.5. The molecule has 1 fully saturated rings. The number of aromatic nitrogens is 1. The van der Waals surface area contributed by atoms with Crippen LogP contribution in [0.1, 0.15) is 46.1 Å². The summed E-state index contributed by atoms with van der Waals surface area (Å²) in [7, 11) is -3.96. The summed E-state index contributed by atoms with van der Waals surface area (Å²) < 4.78 is 32.5. The monoisotopic (exact) mass is 348 g/mol. The molecule has 128 valence electrons. The van der Waals surface area contributed by atoms with Crippen LogP contribution in [0.2, 0.25) is 0 Å². The topological polar surface area (TPSA) is 89.3 Å². The third-order valence-corrected chi connectivity index (χ3v) is 5.55. The molecule has 24 heavy (non-hydrogen) atoms. The number of aryl methyl sites for hydroxylation is 3. The van der Waals surface area contributed by atoms with Gasteiger partial charge in [0.05, 0.1) is 10.6 Å². The van der Waals surface area contributed by atoms with Crippen molar-refractivity contribution in [1.29, 1.82) is 0 Å². The number of sulfonamides is 1. The molecular weight excluding hydrogens is 328 g/mol. The Bertz CT molecular complexity index is 895. The average molecular weight is 348 g/mol. The van der Waals surface area contributed by atoms with Crippen molar-refractivity contribution >= 4 is 15.9 Å². The van der Waals surface area contributed by atoms with Gasteiger partial charge >= 0.3 is 5.91 Å². The number of benzene rings is 1.